The molecule has 0 unspecified atom stereocenters. The predicted molar refractivity (Wildman–Crippen MR) is 163 cm³/mol. The number of imidazole rings is 1. The van der Waals surface area contributed by atoms with Crippen molar-refractivity contribution >= 4 is 22.8 Å². The van der Waals surface area contributed by atoms with Crippen molar-refractivity contribution in [1.29, 1.82) is 5.26 Å². The van der Waals surface area contributed by atoms with Crippen LogP contribution in [0.1, 0.15) is 35.5 Å². The minimum absolute atomic E-state index is 0.0670. The molecule has 13 heteroatoms. The first-order chi connectivity index (χ1) is 21.1. The number of nitrogens with zero attached hydrogens (tertiary/aromatic N) is 9. The molecule has 44 heavy (non-hydrogen) atoms. The lowest BCUT2D eigenvalue weighted by Crippen LogP contribution is -2.57. The second-order valence-electron chi connectivity index (χ2n) is 10.9. The molecule has 6 rings (SSSR count). The third kappa shape index (κ3) is 5.67. The largest absolute Gasteiger partial charge is 0.383 e. The highest BCUT2D eigenvalue weighted by atomic mass is 16.7. The van der Waals surface area contributed by atoms with Crippen molar-refractivity contribution in [2.24, 2.45) is 0 Å². The summed E-state index contributed by atoms with van der Waals surface area (Å²) in [6.45, 7) is 5.98. The average Bonchev–Trinajstić information content (AvgIpc) is 3.36. The van der Waals surface area contributed by atoms with Gasteiger partial charge in [0.2, 0.25) is 5.82 Å². The van der Waals surface area contributed by atoms with Gasteiger partial charge >= 0.3 is 6.10 Å². The summed E-state index contributed by atoms with van der Waals surface area (Å²) in [5, 5.41) is 39.5. The summed E-state index contributed by atoms with van der Waals surface area (Å²) < 4.78 is 2.01. The molecule has 0 bridgehead atoms. The molecule has 1 fully saturated rings. The Labute approximate surface area is 253 Å². The summed E-state index contributed by atoms with van der Waals surface area (Å²) in [5.74, 6) is 0.999. The molecule has 1 saturated heterocycles. The van der Waals surface area contributed by atoms with Crippen molar-refractivity contribution < 1.29 is 15.3 Å². The number of nitriles is 1. The van der Waals surface area contributed by atoms with E-state index in [0.29, 0.717) is 44.1 Å². The monoisotopic (exact) mass is 592 g/mol. The van der Waals surface area contributed by atoms with Gasteiger partial charge in [-0.1, -0.05) is 12.1 Å². The molecule has 4 aromatic heterocycles. The van der Waals surface area contributed by atoms with E-state index >= 15 is 0 Å². The van der Waals surface area contributed by atoms with Crippen LogP contribution in [0, 0.1) is 25.2 Å². The van der Waals surface area contributed by atoms with E-state index in [1.165, 1.54) is 12.3 Å². The molecule has 1 aromatic carbocycles. The Hall–Kier alpha value is -5.00. The van der Waals surface area contributed by atoms with Crippen LogP contribution in [0.5, 0.6) is 0 Å². The Morgan fingerprint density at radius 2 is 1.75 bits per heavy atom. The molecule has 5 N–H and O–H groups in total. The van der Waals surface area contributed by atoms with Crippen molar-refractivity contribution in [3.8, 4) is 23.1 Å². The minimum Gasteiger partial charge on any atom is -0.383 e. The van der Waals surface area contributed by atoms with Gasteiger partial charge in [-0.25, -0.2) is 24.9 Å². The van der Waals surface area contributed by atoms with Crippen LogP contribution in [0.3, 0.4) is 0 Å². The normalized spacial score (nSPS) is 14.5. The molecule has 5 heterocycles. The highest BCUT2D eigenvalue weighted by Gasteiger charge is 2.38. The molecule has 13 nitrogen and oxygen atoms in total. The van der Waals surface area contributed by atoms with E-state index in [1.54, 1.807) is 6.20 Å². The summed E-state index contributed by atoms with van der Waals surface area (Å²) in [7, 11) is 0. The first-order valence-electron chi connectivity index (χ1n) is 14.2. The fourth-order valence-electron chi connectivity index (χ4n) is 5.69. The van der Waals surface area contributed by atoms with Crippen LogP contribution in [-0.4, -0.2) is 74.9 Å². The lowest BCUT2D eigenvalue weighted by atomic mass is 10.0. The molecule has 0 aliphatic carbocycles. The second kappa shape index (κ2) is 11.6. The van der Waals surface area contributed by atoms with Crippen LogP contribution in [-0.2, 0) is 6.54 Å². The Balaban J connectivity index is 1.21. The summed E-state index contributed by atoms with van der Waals surface area (Å²) in [4.78, 5) is 25.2. The van der Waals surface area contributed by atoms with E-state index < -0.39 is 12.1 Å². The number of pyridine rings is 2. The zero-order valence-corrected chi connectivity index (χ0v) is 24.3. The van der Waals surface area contributed by atoms with Crippen molar-refractivity contribution in [2.75, 3.05) is 23.7 Å². The molecule has 5 aromatic rings. The van der Waals surface area contributed by atoms with Gasteiger partial charge in [0, 0.05) is 49.5 Å². The molecule has 1 aliphatic rings. The molecule has 0 amide bonds. The molecule has 0 radical (unpaired) electrons. The number of aryl methyl sites for hydroxylation is 2. The first kappa shape index (κ1) is 29.1. The smallest absolute Gasteiger partial charge is 0.371 e. The number of nitrogen functional groups attached to an aromatic ring is 1. The van der Waals surface area contributed by atoms with E-state index in [4.69, 9.17) is 21.0 Å². The Bertz CT molecular complexity index is 1850. The summed E-state index contributed by atoms with van der Waals surface area (Å²) in [6, 6.07) is 16.8. The third-order valence-electron chi connectivity index (χ3n) is 7.99. The number of likely N-dealkylation sites (tertiary alicyclic amines) is 1. The zero-order chi connectivity index (χ0) is 31.0. The maximum atomic E-state index is 10.1. The van der Waals surface area contributed by atoms with E-state index in [2.05, 4.69) is 32.0 Å². The maximum absolute atomic E-state index is 10.1. The first-order valence-corrected chi connectivity index (χ1v) is 14.2. The van der Waals surface area contributed by atoms with Gasteiger partial charge in [-0.15, -0.1) is 0 Å². The summed E-state index contributed by atoms with van der Waals surface area (Å²) >= 11 is 0. The van der Waals surface area contributed by atoms with E-state index in [-0.39, 0.29) is 11.6 Å². The fraction of sp³-hybridized carbons (Fsp3) is 0.290. The number of hydrogen-bond donors (Lipinski definition) is 4. The van der Waals surface area contributed by atoms with Crippen LogP contribution >= 0.6 is 0 Å². The lowest BCUT2D eigenvalue weighted by molar-refractivity contribution is -0.314. The number of aromatic nitrogens is 6. The van der Waals surface area contributed by atoms with Crippen LogP contribution in [0.15, 0.2) is 60.9 Å². The Morgan fingerprint density at radius 1 is 1.00 bits per heavy atom. The average molecular weight is 593 g/mol. The number of piperidine rings is 1. The highest BCUT2D eigenvalue weighted by molar-refractivity contribution is 5.83. The van der Waals surface area contributed by atoms with Crippen LogP contribution in [0.25, 0.3) is 28.2 Å². The van der Waals surface area contributed by atoms with Crippen LogP contribution in [0.4, 0.5) is 11.6 Å². The summed E-state index contributed by atoms with van der Waals surface area (Å²) in [6.07, 6.45) is 0.940. The fourth-order valence-corrected chi connectivity index (χ4v) is 5.69. The standard InChI is InChI=1S/C31H32N10O3/c1-19-16-25-30(36-20(19)2)40(29(37-25)24-4-3-12-35-28(24)33)22-7-5-21(6-8-22)18-39-14-10-23(11-15-39)41(31(42,43)44)27-9-13-34-26(17-32)38-27/h3-9,12-13,16,23,42-44H,10-11,14-15,18H2,1-2H3,(H2,33,35). The predicted octanol–water partition coefficient (Wildman–Crippen LogP) is 2.40. The highest BCUT2D eigenvalue weighted by Crippen LogP contribution is 2.32. The van der Waals surface area contributed by atoms with Crippen molar-refractivity contribution in [1.82, 2.24) is 34.4 Å². The van der Waals surface area contributed by atoms with Gasteiger partial charge in [0.15, 0.2) is 11.5 Å². The number of benzene rings is 1. The molecule has 0 atom stereocenters. The quantitative estimate of drug-likeness (QED) is 0.203. The van der Waals surface area contributed by atoms with Crippen molar-refractivity contribution in [3.63, 3.8) is 0 Å². The topological polar surface area (TPSA) is 186 Å². The van der Waals surface area contributed by atoms with Gasteiger partial charge in [-0.3, -0.25) is 14.4 Å². The molecule has 224 valence electrons. The maximum Gasteiger partial charge on any atom is 0.371 e. The van der Waals surface area contributed by atoms with Gasteiger partial charge < -0.3 is 21.1 Å². The minimum atomic E-state index is -3.13. The Morgan fingerprint density at radius 3 is 2.43 bits per heavy atom. The Kier molecular flexibility index (Phi) is 7.66. The van der Waals surface area contributed by atoms with Crippen LogP contribution in [0.2, 0.25) is 0 Å². The molecule has 0 saturated carbocycles. The molecule has 1 aliphatic heterocycles. The van der Waals surface area contributed by atoms with Crippen molar-refractivity contribution in [2.45, 2.75) is 45.4 Å². The van der Waals surface area contributed by atoms with Gasteiger partial charge in [-0.05, 0) is 74.2 Å². The van der Waals surface area contributed by atoms with E-state index in [0.717, 1.165) is 44.1 Å². The van der Waals surface area contributed by atoms with E-state index in [9.17, 15) is 15.3 Å². The van der Waals surface area contributed by atoms with Gasteiger partial charge in [0.05, 0.1) is 5.56 Å². The van der Waals surface area contributed by atoms with Crippen LogP contribution < -0.4 is 10.6 Å². The van der Waals surface area contributed by atoms with E-state index in [1.807, 2.05) is 54.8 Å². The lowest BCUT2D eigenvalue weighted by Gasteiger charge is -2.42. The number of anilines is 2. The number of aliphatic hydroxyl groups is 3. The molecular formula is C31H32N10O3. The molecule has 0 spiro atoms. The molecular weight excluding hydrogens is 560 g/mol. The van der Waals surface area contributed by atoms with Gasteiger partial charge in [0.1, 0.15) is 23.2 Å². The van der Waals surface area contributed by atoms with Gasteiger partial charge in [0.25, 0.3) is 0 Å². The zero-order valence-electron chi connectivity index (χ0n) is 24.3. The number of fused-ring (bicyclic) bond motifs is 1. The summed E-state index contributed by atoms with van der Waals surface area (Å²) in [5.41, 5.74) is 12.5. The third-order valence-corrected chi connectivity index (χ3v) is 7.99. The van der Waals surface area contributed by atoms with Crippen molar-refractivity contribution in [3.05, 3.63) is 83.6 Å². The number of hydrogen-bond acceptors (Lipinski definition) is 12. The number of rotatable bonds is 7. The second-order valence-corrected chi connectivity index (χ2v) is 10.9. The number of nitrogens with two attached hydrogens (primary N) is 1. The SMILES string of the molecule is Cc1cc2nc(-c3cccnc3N)n(-c3ccc(CN4CCC(N(c5ccnc(C#N)n5)C(O)(O)O)CC4)cc3)c2nc1C. The van der Waals surface area contributed by atoms with Gasteiger partial charge in [-0.2, -0.15) is 5.26 Å².